The number of tetrazole rings is 1. The highest BCUT2D eigenvalue weighted by atomic mass is 35.5. The summed E-state index contributed by atoms with van der Waals surface area (Å²) in [6, 6.07) is 5.17. The van der Waals surface area contributed by atoms with E-state index in [1.54, 1.807) is 18.2 Å². The van der Waals surface area contributed by atoms with Crippen molar-refractivity contribution < 1.29 is 0 Å². The number of aromatic nitrogens is 4. The van der Waals surface area contributed by atoms with E-state index in [0.717, 1.165) is 4.68 Å². The highest BCUT2D eigenvalue weighted by Gasteiger charge is 2.12. The van der Waals surface area contributed by atoms with Crippen LogP contribution in [-0.4, -0.2) is 19.8 Å². The maximum absolute atomic E-state index is 11.7. The van der Waals surface area contributed by atoms with Gasteiger partial charge in [-0.25, -0.2) is 4.79 Å². The van der Waals surface area contributed by atoms with Gasteiger partial charge in [-0.2, -0.15) is 9.36 Å². The van der Waals surface area contributed by atoms with Gasteiger partial charge in [0, 0.05) is 17.6 Å². The smallest absolute Gasteiger partial charge is 0.244 e. The van der Waals surface area contributed by atoms with Crippen molar-refractivity contribution in [2.45, 2.75) is 5.88 Å². The summed E-state index contributed by atoms with van der Waals surface area (Å²) in [6.07, 6.45) is 0. The van der Waals surface area contributed by atoms with Crippen molar-refractivity contribution in [1.82, 2.24) is 19.8 Å². The zero-order valence-corrected chi connectivity index (χ0v) is 9.90. The number of aryl methyl sites for hydroxylation is 1. The summed E-state index contributed by atoms with van der Waals surface area (Å²) >= 11 is 11.8. The molecule has 0 aliphatic heterocycles. The molecule has 0 saturated heterocycles. The summed E-state index contributed by atoms with van der Waals surface area (Å²) < 4.78 is 2.31. The van der Waals surface area contributed by atoms with Crippen molar-refractivity contribution in [2.75, 3.05) is 0 Å². The quantitative estimate of drug-likeness (QED) is 0.765. The van der Waals surface area contributed by atoms with Crippen LogP contribution in [0.3, 0.4) is 0 Å². The van der Waals surface area contributed by atoms with Gasteiger partial charge in [-0.3, -0.25) is 0 Å². The van der Waals surface area contributed by atoms with Gasteiger partial charge in [0.05, 0.1) is 11.6 Å². The Morgan fingerprint density at radius 1 is 1.38 bits per heavy atom. The molecule has 1 heterocycles. The van der Waals surface area contributed by atoms with Crippen LogP contribution in [0.25, 0.3) is 5.69 Å². The predicted molar refractivity (Wildman–Crippen MR) is 61.2 cm³/mol. The fraction of sp³-hybridized carbons (Fsp3) is 0.222. The number of benzene rings is 1. The van der Waals surface area contributed by atoms with Crippen LogP contribution in [0.5, 0.6) is 0 Å². The summed E-state index contributed by atoms with van der Waals surface area (Å²) in [6.45, 7) is 0. The Kier molecular flexibility index (Phi) is 2.98. The van der Waals surface area contributed by atoms with Gasteiger partial charge in [0.15, 0.2) is 0 Å². The second kappa shape index (κ2) is 4.27. The third-order valence-corrected chi connectivity index (χ3v) is 2.80. The normalized spacial score (nSPS) is 10.7. The monoisotopic (exact) mass is 258 g/mol. The number of alkyl halides is 1. The summed E-state index contributed by atoms with van der Waals surface area (Å²) in [5.74, 6) is 0.206. The van der Waals surface area contributed by atoms with E-state index in [1.807, 2.05) is 0 Å². The van der Waals surface area contributed by atoms with Crippen molar-refractivity contribution in [3.8, 4) is 5.69 Å². The average Bonchev–Trinajstić information content (AvgIpc) is 2.59. The molecule has 16 heavy (non-hydrogen) atoms. The van der Waals surface area contributed by atoms with Crippen LogP contribution in [0.4, 0.5) is 0 Å². The summed E-state index contributed by atoms with van der Waals surface area (Å²) in [4.78, 5) is 11.7. The average molecular weight is 259 g/mol. The van der Waals surface area contributed by atoms with Crippen LogP contribution in [0.15, 0.2) is 23.0 Å². The topological polar surface area (TPSA) is 52.7 Å². The zero-order valence-electron chi connectivity index (χ0n) is 8.39. The molecular weight excluding hydrogens is 251 g/mol. The van der Waals surface area contributed by atoms with E-state index in [0.29, 0.717) is 16.3 Å². The minimum Gasteiger partial charge on any atom is -0.244 e. The molecule has 0 atom stereocenters. The molecule has 0 N–H and O–H groups in total. The summed E-state index contributed by atoms with van der Waals surface area (Å²) in [7, 11) is 1.52. The molecule has 1 aromatic heterocycles. The minimum absolute atomic E-state index is 0.206. The summed E-state index contributed by atoms with van der Waals surface area (Å²) in [5, 5.41) is 7.87. The zero-order chi connectivity index (χ0) is 11.7. The van der Waals surface area contributed by atoms with Gasteiger partial charge in [0.25, 0.3) is 0 Å². The molecule has 7 heteroatoms. The molecule has 0 unspecified atom stereocenters. The Morgan fingerprint density at radius 3 is 2.69 bits per heavy atom. The Morgan fingerprint density at radius 2 is 2.12 bits per heavy atom. The first-order valence-electron chi connectivity index (χ1n) is 4.48. The second-order valence-electron chi connectivity index (χ2n) is 3.17. The van der Waals surface area contributed by atoms with Gasteiger partial charge < -0.3 is 0 Å². The van der Waals surface area contributed by atoms with Gasteiger partial charge in [-0.1, -0.05) is 17.7 Å². The molecule has 0 aliphatic rings. The number of halogens is 2. The fourth-order valence-electron chi connectivity index (χ4n) is 1.34. The third kappa shape index (κ3) is 1.72. The number of hydrogen-bond donors (Lipinski definition) is 0. The van der Waals surface area contributed by atoms with Gasteiger partial charge in [-0.05, 0) is 22.6 Å². The Labute approximate surface area is 101 Å². The van der Waals surface area contributed by atoms with Crippen molar-refractivity contribution in [2.24, 2.45) is 7.05 Å². The fourth-order valence-corrected chi connectivity index (χ4v) is 1.93. The molecule has 0 bridgehead atoms. The number of rotatable bonds is 2. The van der Waals surface area contributed by atoms with Crippen LogP contribution in [0.2, 0.25) is 5.02 Å². The van der Waals surface area contributed by atoms with E-state index in [2.05, 4.69) is 10.4 Å². The van der Waals surface area contributed by atoms with E-state index in [1.165, 1.54) is 11.7 Å². The van der Waals surface area contributed by atoms with Gasteiger partial charge >= 0.3 is 5.69 Å². The van der Waals surface area contributed by atoms with Crippen molar-refractivity contribution >= 4 is 23.2 Å². The molecule has 0 aliphatic carbocycles. The standard InChI is InChI=1S/C9H8Cl2N4O/c1-14-9(16)15(13-12-14)8-4-2-3-7(11)6(8)5-10/h2-4H,5H2,1H3. The molecule has 1 aromatic carbocycles. The Bertz CT molecular complexity index is 575. The Hall–Kier alpha value is -1.33. The molecule has 2 rings (SSSR count). The SMILES string of the molecule is Cn1nnn(-c2cccc(Cl)c2CCl)c1=O. The van der Waals surface area contributed by atoms with Gasteiger partial charge in [-0.15, -0.1) is 11.6 Å². The summed E-state index contributed by atoms with van der Waals surface area (Å²) in [5.41, 5.74) is 0.877. The molecule has 2 aromatic rings. The lowest BCUT2D eigenvalue weighted by molar-refractivity contribution is 0.692. The van der Waals surface area contributed by atoms with Crippen LogP contribution < -0.4 is 5.69 Å². The number of hydrogen-bond acceptors (Lipinski definition) is 3. The lowest BCUT2D eigenvalue weighted by Crippen LogP contribution is -2.22. The molecule has 0 fully saturated rings. The molecule has 0 amide bonds. The van der Waals surface area contributed by atoms with Crippen LogP contribution in [-0.2, 0) is 12.9 Å². The first kappa shape index (κ1) is 11.2. The van der Waals surface area contributed by atoms with Gasteiger partial charge in [0.2, 0.25) is 0 Å². The van der Waals surface area contributed by atoms with E-state index in [9.17, 15) is 4.79 Å². The van der Waals surface area contributed by atoms with Crippen LogP contribution in [0.1, 0.15) is 5.56 Å². The van der Waals surface area contributed by atoms with Crippen molar-refractivity contribution in [3.63, 3.8) is 0 Å². The minimum atomic E-state index is -0.339. The molecule has 0 spiro atoms. The maximum Gasteiger partial charge on any atom is 0.368 e. The highest BCUT2D eigenvalue weighted by molar-refractivity contribution is 6.32. The number of nitrogens with zero attached hydrogens (tertiary/aromatic N) is 4. The van der Waals surface area contributed by atoms with Crippen molar-refractivity contribution in [3.05, 3.63) is 39.3 Å². The van der Waals surface area contributed by atoms with E-state index >= 15 is 0 Å². The van der Waals surface area contributed by atoms with E-state index < -0.39 is 0 Å². The molecular formula is C9H8Cl2N4O. The lowest BCUT2D eigenvalue weighted by atomic mass is 10.2. The lowest BCUT2D eigenvalue weighted by Gasteiger charge is -2.06. The second-order valence-corrected chi connectivity index (χ2v) is 3.84. The first-order valence-corrected chi connectivity index (χ1v) is 5.39. The first-order chi connectivity index (χ1) is 7.65. The predicted octanol–water partition coefficient (Wildman–Crippen LogP) is 1.36. The van der Waals surface area contributed by atoms with E-state index in [-0.39, 0.29) is 11.6 Å². The van der Waals surface area contributed by atoms with Crippen molar-refractivity contribution in [1.29, 1.82) is 0 Å². The van der Waals surface area contributed by atoms with Crippen LogP contribution in [0, 0.1) is 0 Å². The Balaban J connectivity index is 2.69. The molecule has 0 radical (unpaired) electrons. The van der Waals surface area contributed by atoms with Crippen LogP contribution >= 0.6 is 23.2 Å². The maximum atomic E-state index is 11.7. The van der Waals surface area contributed by atoms with Gasteiger partial charge in [0.1, 0.15) is 0 Å². The molecule has 84 valence electrons. The third-order valence-electron chi connectivity index (χ3n) is 2.18. The highest BCUT2D eigenvalue weighted by Crippen LogP contribution is 2.23. The molecule has 5 nitrogen and oxygen atoms in total. The largest absolute Gasteiger partial charge is 0.368 e. The molecule has 0 saturated carbocycles. The van der Waals surface area contributed by atoms with E-state index in [4.69, 9.17) is 23.2 Å².